The molecule has 2 aromatic rings. The van der Waals surface area contributed by atoms with Crippen molar-refractivity contribution in [2.75, 3.05) is 12.3 Å². The second-order valence-electron chi connectivity index (χ2n) is 4.72. The molecule has 1 aromatic heterocycles. The molecule has 0 atom stereocenters. The molecule has 20 heavy (non-hydrogen) atoms. The molecule has 1 aromatic carbocycles. The summed E-state index contributed by atoms with van der Waals surface area (Å²) in [4.78, 5) is 13.6. The van der Waals surface area contributed by atoms with Crippen molar-refractivity contribution < 1.29 is 9.53 Å². The molecule has 0 bridgehead atoms. The molecule has 0 spiro atoms. The zero-order chi connectivity index (χ0) is 14.7. The highest BCUT2D eigenvalue weighted by atomic mass is 32.1. The maximum absolute atomic E-state index is 12.5. The monoisotopic (exact) mass is 289 g/mol. The Bertz CT molecular complexity index is 614. The topological polar surface area (TPSA) is 52.3 Å². The van der Waals surface area contributed by atoms with Crippen molar-refractivity contribution in [2.24, 2.45) is 0 Å². The molecule has 106 valence electrons. The van der Waals surface area contributed by atoms with Crippen LogP contribution in [-0.4, -0.2) is 12.4 Å². The number of carbonyl (C=O) groups is 1. The molecule has 2 rings (SSSR count). The summed E-state index contributed by atoms with van der Waals surface area (Å²) in [6.45, 7) is 6.66. The zero-order valence-electron chi connectivity index (χ0n) is 12.0. The van der Waals surface area contributed by atoms with E-state index in [4.69, 9.17) is 10.5 Å². The van der Waals surface area contributed by atoms with Crippen molar-refractivity contribution in [3.63, 3.8) is 0 Å². The highest BCUT2D eigenvalue weighted by molar-refractivity contribution is 7.16. The van der Waals surface area contributed by atoms with E-state index >= 15 is 0 Å². The average Bonchev–Trinajstić information content (AvgIpc) is 2.70. The van der Waals surface area contributed by atoms with Crippen LogP contribution in [0.1, 0.15) is 39.7 Å². The van der Waals surface area contributed by atoms with Gasteiger partial charge in [0.1, 0.15) is 5.75 Å². The van der Waals surface area contributed by atoms with Crippen LogP contribution in [0.2, 0.25) is 0 Å². The third kappa shape index (κ3) is 2.85. The quantitative estimate of drug-likeness (QED) is 0.847. The largest absolute Gasteiger partial charge is 0.494 e. The summed E-state index contributed by atoms with van der Waals surface area (Å²) in [5.74, 6) is 0.765. The van der Waals surface area contributed by atoms with Crippen molar-refractivity contribution in [1.82, 2.24) is 0 Å². The first kappa shape index (κ1) is 14.6. The summed E-state index contributed by atoms with van der Waals surface area (Å²) in [5.41, 5.74) is 8.20. The van der Waals surface area contributed by atoms with Gasteiger partial charge >= 0.3 is 0 Å². The first-order valence-corrected chi connectivity index (χ1v) is 7.49. The first-order valence-electron chi connectivity index (χ1n) is 6.67. The molecular weight excluding hydrogens is 270 g/mol. The van der Waals surface area contributed by atoms with Gasteiger partial charge in [0.15, 0.2) is 5.78 Å². The lowest BCUT2D eigenvalue weighted by Gasteiger charge is -2.06. The van der Waals surface area contributed by atoms with E-state index in [0.29, 0.717) is 22.7 Å². The molecule has 0 fully saturated rings. The van der Waals surface area contributed by atoms with Crippen molar-refractivity contribution in [2.45, 2.75) is 27.2 Å². The smallest absolute Gasteiger partial charge is 0.196 e. The van der Waals surface area contributed by atoms with E-state index in [0.717, 1.165) is 22.6 Å². The Morgan fingerprint density at radius 1 is 1.25 bits per heavy atom. The number of ketones is 1. The van der Waals surface area contributed by atoms with Crippen LogP contribution in [-0.2, 0) is 0 Å². The van der Waals surface area contributed by atoms with E-state index in [2.05, 4.69) is 6.92 Å². The molecule has 0 saturated carbocycles. The molecule has 1 heterocycles. The number of ether oxygens (including phenoxy) is 1. The van der Waals surface area contributed by atoms with Crippen LogP contribution in [0, 0.1) is 13.8 Å². The van der Waals surface area contributed by atoms with Crippen LogP contribution in [0.15, 0.2) is 24.3 Å². The lowest BCUT2D eigenvalue weighted by Crippen LogP contribution is -2.05. The van der Waals surface area contributed by atoms with Gasteiger partial charge in [-0.3, -0.25) is 4.79 Å². The first-order chi connectivity index (χ1) is 9.54. The van der Waals surface area contributed by atoms with Gasteiger partial charge in [0, 0.05) is 10.4 Å². The molecule has 2 N–H and O–H groups in total. The number of rotatable bonds is 5. The standard InChI is InChI=1S/C16H19NO2S/c1-4-9-19-13-7-5-12(6-8-13)15(18)14-10(2)11(3)20-16(14)17/h5-8H,4,9,17H2,1-3H3. The number of anilines is 1. The molecule has 0 radical (unpaired) electrons. The molecule has 0 aliphatic heterocycles. The predicted molar refractivity (Wildman–Crippen MR) is 83.9 cm³/mol. The fourth-order valence-corrected chi connectivity index (χ4v) is 2.94. The number of hydrogen-bond donors (Lipinski definition) is 1. The number of thiophene rings is 1. The lowest BCUT2D eigenvalue weighted by molar-refractivity contribution is 0.103. The van der Waals surface area contributed by atoms with Gasteiger partial charge in [0.25, 0.3) is 0 Å². The Balaban J connectivity index is 2.25. The summed E-state index contributed by atoms with van der Waals surface area (Å²) in [5, 5.41) is 0.594. The number of nitrogens with two attached hydrogens (primary N) is 1. The average molecular weight is 289 g/mol. The molecular formula is C16H19NO2S. The van der Waals surface area contributed by atoms with Crippen LogP contribution >= 0.6 is 11.3 Å². The SMILES string of the molecule is CCCOc1ccc(C(=O)c2c(N)sc(C)c2C)cc1. The second kappa shape index (κ2) is 6.09. The maximum Gasteiger partial charge on any atom is 0.196 e. The van der Waals surface area contributed by atoms with Crippen molar-refractivity contribution in [3.05, 3.63) is 45.8 Å². The van der Waals surface area contributed by atoms with Gasteiger partial charge in [-0.15, -0.1) is 11.3 Å². The van der Waals surface area contributed by atoms with Gasteiger partial charge in [-0.25, -0.2) is 0 Å². The summed E-state index contributed by atoms with van der Waals surface area (Å²) >= 11 is 1.47. The Kier molecular flexibility index (Phi) is 4.45. The zero-order valence-corrected chi connectivity index (χ0v) is 12.8. The van der Waals surface area contributed by atoms with E-state index < -0.39 is 0 Å². The number of hydrogen-bond acceptors (Lipinski definition) is 4. The van der Waals surface area contributed by atoms with Crippen LogP contribution < -0.4 is 10.5 Å². The molecule has 4 heteroatoms. The summed E-state index contributed by atoms with van der Waals surface area (Å²) < 4.78 is 5.51. The van der Waals surface area contributed by atoms with Crippen molar-refractivity contribution in [3.8, 4) is 5.75 Å². The summed E-state index contributed by atoms with van der Waals surface area (Å²) in [7, 11) is 0. The molecule has 0 unspecified atom stereocenters. The number of benzene rings is 1. The summed E-state index contributed by atoms with van der Waals surface area (Å²) in [6, 6.07) is 7.24. The van der Waals surface area contributed by atoms with E-state index in [-0.39, 0.29) is 5.78 Å². The van der Waals surface area contributed by atoms with E-state index in [9.17, 15) is 4.79 Å². The third-order valence-electron chi connectivity index (χ3n) is 3.23. The van der Waals surface area contributed by atoms with Gasteiger partial charge in [0.2, 0.25) is 0 Å². The highest BCUT2D eigenvalue weighted by Crippen LogP contribution is 2.31. The maximum atomic E-state index is 12.5. The van der Waals surface area contributed by atoms with Crippen LogP contribution in [0.25, 0.3) is 0 Å². The minimum atomic E-state index is -0.0219. The van der Waals surface area contributed by atoms with E-state index in [1.165, 1.54) is 11.3 Å². The van der Waals surface area contributed by atoms with Crippen molar-refractivity contribution >= 4 is 22.1 Å². The molecule has 3 nitrogen and oxygen atoms in total. The Morgan fingerprint density at radius 3 is 2.40 bits per heavy atom. The third-order valence-corrected chi connectivity index (χ3v) is 4.27. The van der Waals surface area contributed by atoms with Crippen LogP contribution in [0.3, 0.4) is 0 Å². The highest BCUT2D eigenvalue weighted by Gasteiger charge is 2.19. The minimum absolute atomic E-state index is 0.0219. The van der Waals surface area contributed by atoms with E-state index in [1.54, 1.807) is 12.1 Å². The van der Waals surface area contributed by atoms with Crippen molar-refractivity contribution in [1.29, 1.82) is 0 Å². The van der Waals surface area contributed by atoms with Gasteiger partial charge in [-0.05, 0) is 50.1 Å². The number of carbonyl (C=O) groups excluding carboxylic acids is 1. The second-order valence-corrected chi connectivity index (χ2v) is 5.98. The van der Waals surface area contributed by atoms with Gasteiger partial charge in [-0.1, -0.05) is 6.92 Å². The lowest BCUT2D eigenvalue weighted by atomic mass is 10.0. The fourth-order valence-electron chi connectivity index (χ4n) is 2.00. The predicted octanol–water partition coefficient (Wildman–Crippen LogP) is 3.97. The Morgan fingerprint density at radius 2 is 1.90 bits per heavy atom. The molecule has 0 saturated heterocycles. The van der Waals surface area contributed by atoms with Gasteiger partial charge in [0.05, 0.1) is 17.2 Å². The van der Waals surface area contributed by atoms with Gasteiger partial charge < -0.3 is 10.5 Å². The molecule has 0 aliphatic rings. The summed E-state index contributed by atoms with van der Waals surface area (Å²) in [6.07, 6.45) is 0.963. The fraction of sp³-hybridized carbons (Fsp3) is 0.312. The van der Waals surface area contributed by atoms with Crippen LogP contribution in [0.5, 0.6) is 5.75 Å². The van der Waals surface area contributed by atoms with Gasteiger partial charge in [-0.2, -0.15) is 0 Å². The molecule has 0 amide bonds. The Hall–Kier alpha value is -1.81. The number of aryl methyl sites for hydroxylation is 1. The number of nitrogen functional groups attached to an aromatic ring is 1. The normalized spacial score (nSPS) is 10.6. The molecule has 0 aliphatic carbocycles. The van der Waals surface area contributed by atoms with Crippen LogP contribution in [0.4, 0.5) is 5.00 Å². The van der Waals surface area contributed by atoms with E-state index in [1.807, 2.05) is 26.0 Å². The minimum Gasteiger partial charge on any atom is -0.494 e. The Labute approximate surface area is 123 Å².